The molecule has 6 heteroatoms. The molecule has 0 saturated heterocycles. The number of benzene rings is 1. The van der Waals surface area contributed by atoms with Crippen LogP contribution in [-0.2, 0) is 6.54 Å². The summed E-state index contributed by atoms with van der Waals surface area (Å²) in [5.41, 5.74) is 0.890. The second-order valence-corrected chi connectivity index (χ2v) is 3.51. The molecular weight excluding hydrogens is 220 g/mol. The van der Waals surface area contributed by atoms with E-state index in [1.807, 2.05) is 24.3 Å². The van der Waals surface area contributed by atoms with Gasteiger partial charge in [-0.2, -0.15) is 4.80 Å². The van der Waals surface area contributed by atoms with Crippen molar-refractivity contribution in [2.24, 2.45) is 0 Å². The minimum atomic E-state index is 0.124. The largest absolute Gasteiger partial charge is 0.497 e. The Balaban J connectivity index is 2.12. The number of methoxy groups -OCH3 is 1. The first-order valence-electron chi connectivity index (χ1n) is 5.36. The van der Waals surface area contributed by atoms with Crippen molar-refractivity contribution in [3.05, 3.63) is 24.3 Å². The highest BCUT2D eigenvalue weighted by Crippen LogP contribution is 2.18. The molecule has 0 saturated carbocycles. The summed E-state index contributed by atoms with van der Waals surface area (Å²) < 4.78 is 5.07. The highest BCUT2D eigenvalue weighted by molar-refractivity contribution is 5.55. The fraction of sp³-hybridized carbons (Fsp3) is 0.364. The summed E-state index contributed by atoms with van der Waals surface area (Å²) in [5.74, 6) is 1.37. The fourth-order valence-electron chi connectivity index (χ4n) is 1.41. The quantitative estimate of drug-likeness (QED) is 0.825. The topological polar surface area (TPSA) is 73.1 Å². The van der Waals surface area contributed by atoms with Crippen molar-refractivity contribution in [2.75, 3.05) is 13.7 Å². The Morgan fingerprint density at radius 2 is 2.06 bits per heavy atom. The molecular formula is C11H14N4O2. The summed E-state index contributed by atoms with van der Waals surface area (Å²) in [5, 5.41) is 20.8. The van der Waals surface area contributed by atoms with E-state index in [2.05, 4.69) is 15.4 Å². The van der Waals surface area contributed by atoms with Gasteiger partial charge in [0.1, 0.15) is 5.75 Å². The molecule has 1 aromatic heterocycles. The number of tetrazole rings is 1. The third-order valence-corrected chi connectivity index (χ3v) is 2.32. The zero-order valence-corrected chi connectivity index (χ0v) is 9.58. The highest BCUT2D eigenvalue weighted by Gasteiger charge is 2.05. The van der Waals surface area contributed by atoms with Gasteiger partial charge < -0.3 is 9.84 Å². The zero-order valence-electron chi connectivity index (χ0n) is 9.58. The van der Waals surface area contributed by atoms with Crippen molar-refractivity contribution in [3.63, 3.8) is 0 Å². The molecule has 6 nitrogen and oxygen atoms in total. The minimum Gasteiger partial charge on any atom is -0.497 e. The molecule has 0 spiro atoms. The number of aliphatic hydroxyl groups excluding tert-OH is 1. The number of hydrogen-bond donors (Lipinski definition) is 1. The third-order valence-electron chi connectivity index (χ3n) is 2.32. The van der Waals surface area contributed by atoms with Crippen LogP contribution in [0.2, 0.25) is 0 Å². The Kier molecular flexibility index (Phi) is 3.66. The molecule has 0 amide bonds. The number of aromatic nitrogens is 4. The molecule has 90 valence electrons. The predicted molar refractivity (Wildman–Crippen MR) is 61.5 cm³/mol. The maximum absolute atomic E-state index is 8.71. The van der Waals surface area contributed by atoms with Crippen LogP contribution in [0.25, 0.3) is 11.4 Å². The molecule has 17 heavy (non-hydrogen) atoms. The van der Waals surface area contributed by atoms with Gasteiger partial charge in [-0.15, -0.1) is 10.2 Å². The summed E-state index contributed by atoms with van der Waals surface area (Å²) in [4.78, 5) is 1.48. The standard InChI is InChI=1S/C11H14N4O2/c1-17-10-5-3-9(4-6-10)11-12-14-15(13-11)7-2-8-16/h3-6,16H,2,7-8H2,1H3. The summed E-state index contributed by atoms with van der Waals surface area (Å²) in [6.07, 6.45) is 0.623. The SMILES string of the molecule is COc1ccc(-c2nnn(CCCO)n2)cc1. The van der Waals surface area contributed by atoms with Crippen molar-refractivity contribution in [2.45, 2.75) is 13.0 Å². The number of aryl methyl sites for hydroxylation is 1. The van der Waals surface area contributed by atoms with Gasteiger partial charge in [0.05, 0.1) is 13.7 Å². The van der Waals surface area contributed by atoms with Crippen LogP contribution in [0.15, 0.2) is 24.3 Å². The van der Waals surface area contributed by atoms with E-state index in [0.717, 1.165) is 11.3 Å². The van der Waals surface area contributed by atoms with Crippen LogP contribution in [0.4, 0.5) is 0 Å². The fourth-order valence-corrected chi connectivity index (χ4v) is 1.41. The number of hydrogen-bond acceptors (Lipinski definition) is 5. The summed E-state index contributed by atoms with van der Waals surface area (Å²) >= 11 is 0. The van der Waals surface area contributed by atoms with Gasteiger partial charge in [0.2, 0.25) is 5.82 Å². The van der Waals surface area contributed by atoms with Crippen LogP contribution in [0.5, 0.6) is 5.75 Å². The Hall–Kier alpha value is -1.95. The highest BCUT2D eigenvalue weighted by atomic mass is 16.5. The molecule has 2 aromatic rings. The lowest BCUT2D eigenvalue weighted by Crippen LogP contribution is -2.04. The summed E-state index contributed by atoms with van der Waals surface area (Å²) in [7, 11) is 1.62. The number of aliphatic hydroxyl groups is 1. The van der Waals surface area contributed by atoms with E-state index in [9.17, 15) is 0 Å². The first kappa shape index (κ1) is 11.5. The molecule has 1 aromatic carbocycles. The molecule has 0 aliphatic heterocycles. The molecule has 0 unspecified atom stereocenters. The van der Waals surface area contributed by atoms with E-state index < -0.39 is 0 Å². The van der Waals surface area contributed by atoms with Crippen LogP contribution >= 0.6 is 0 Å². The summed E-state index contributed by atoms with van der Waals surface area (Å²) in [6.45, 7) is 0.694. The molecule has 2 rings (SSSR count). The maximum atomic E-state index is 8.71. The van der Waals surface area contributed by atoms with Crippen molar-refractivity contribution in [3.8, 4) is 17.1 Å². The lowest BCUT2D eigenvalue weighted by atomic mass is 10.2. The van der Waals surface area contributed by atoms with Gasteiger partial charge in [0.25, 0.3) is 0 Å². The molecule has 0 fully saturated rings. The molecule has 0 aliphatic rings. The molecule has 0 atom stereocenters. The van der Waals surface area contributed by atoms with Gasteiger partial charge in [-0.25, -0.2) is 0 Å². The molecule has 0 bridgehead atoms. The van der Waals surface area contributed by atoms with E-state index >= 15 is 0 Å². The molecule has 1 heterocycles. The van der Waals surface area contributed by atoms with Crippen LogP contribution in [0.1, 0.15) is 6.42 Å². The Labute approximate surface area is 98.8 Å². The zero-order chi connectivity index (χ0) is 12.1. The van der Waals surface area contributed by atoms with E-state index in [0.29, 0.717) is 18.8 Å². The van der Waals surface area contributed by atoms with E-state index in [-0.39, 0.29) is 6.61 Å². The monoisotopic (exact) mass is 234 g/mol. The van der Waals surface area contributed by atoms with Gasteiger partial charge in [-0.1, -0.05) is 0 Å². The van der Waals surface area contributed by atoms with Crippen LogP contribution in [0, 0.1) is 0 Å². The Morgan fingerprint density at radius 1 is 1.29 bits per heavy atom. The van der Waals surface area contributed by atoms with Crippen molar-refractivity contribution < 1.29 is 9.84 Å². The number of ether oxygens (including phenoxy) is 1. The van der Waals surface area contributed by atoms with Crippen molar-refractivity contribution in [1.82, 2.24) is 20.2 Å². The van der Waals surface area contributed by atoms with Gasteiger partial charge in [-0.3, -0.25) is 0 Å². The minimum absolute atomic E-state index is 0.124. The normalized spacial score (nSPS) is 10.5. The van der Waals surface area contributed by atoms with Crippen LogP contribution < -0.4 is 4.74 Å². The van der Waals surface area contributed by atoms with E-state index in [1.165, 1.54) is 4.80 Å². The second-order valence-electron chi connectivity index (χ2n) is 3.51. The maximum Gasteiger partial charge on any atom is 0.204 e. The third kappa shape index (κ3) is 2.79. The predicted octanol–water partition coefficient (Wildman–Crippen LogP) is 0.731. The molecule has 0 aliphatic carbocycles. The lowest BCUT2D eigenvalue weighted by Gasteiger charge is -1.99. The van der Waals surface area contributed by atoms with Gasteiger partial charge >= 0.3 is 0 Å². The van der Waals surface area contributed by atoms with Crippen LogP contribution in [0.3, 0.4) is 0 Å². The number of nitrogens with zero attached hydrogens (tertiary/aromatic N) is 4. The first-order chi connectivity index (χ1) is 8.33. The smallest absolute Gasteiger partial charge is 0.204 e. The molecule has 0 radical (unpaired) electrons. The average Bonchev–Trinajstić information content (AvgIpc) is 2.85. The van der Waals surface area contributed by atoms with Gasteiger partial charge in [-0.05, 0) is 35.9 Å². The lowest BCUT2D eigenvalue weighted by molar-refractivity contribution is 0.272. The Bertz CT molecular complexity index is 467. The van der Waals surface area contributed by atoms with Crippen LogP contribution in [-0.4, -0.2) is 39.0 Å². The first-order valence-corrected chi connectivity index (χ1v) is 5.36. The van der Waals surface area contributed by atoms with Crippen molar-refractivity contribution in [1.29, 1.82) is 0 Å². The number of rotatable bonds is 5. The average molecular weight is 234 g/mol. The van der Waals surface area contributed by atoms with Crippen molar-refractivity contribution >= 4 is 0 Å². The second kappa shape index (κ2) is 5.40. The van der Waals surface area contributed by atoms with Gasteiger partial charge in [0, 0.05) is 12.2 Å². The van der Waals surface area contributed by atoms with Gasteiger partial charge in [0.15, 0.2) is 0 Å². The van der Waals surface area contributed by atoms with E-state index in [1.54, 1.807) is 7.11 Å². The molecule has 1 N–H and O–H groups in total. The Morgan fingerprint density at radius 3 is 2.71 bits per heavy atom. The summed E-state index contributed by atoms with van der Waals surface area (Å²) in [6, 6.07) is 7.46. The van der Waals surface area contributed by atoms with E-state index in [4.69, 9.17) is 9.84 Å².